The summed E-state index contributed by atoms with van der Waals surface area (Å²) in [5.74, 6) is 0. The number of hydrogen-bond donors (Lipinski definition) is 1. The van der Waals surface area contributed by atoms with E-state index in [1.54, 1.807) is 0 Å². The molecule has 2 aromatic rings. The normalized spacial score (nSPS) is 17.8. The molecule has 0 bridgehead atoms. The number of thiazole rings is 1. The van der Waals surface area contributed by atoms with Crippen LogP contribution in [0.4, 0.5) is 9.93 Å². The van der Waals surface area contributed by atoms with Crippen LogP contribution in [0.1, 0.15) is 51.9 Å². The van der Waals surface area contributed by atoms with Gasteiger partial charge in [-0.25, -0.2) is 9.78 Å². The molecular weight excluding hydrogens is 332 g/mol. The van der Waals surface area contributed by atoms with Gasteiger partial charge in [0, 0.05) is 29.9 Å². The highest BCUT2D eigenvalue weighted by Crippen LogP contribution is 2.34. The highest BCUT2D eigenvalue weighted by Gasteiger charge is 2.26. The molecule has 1 aliphatic rings. The van der Waals surface area contributed by atoms with E-state index >= 15 is 0 Å². The summed E-state index contributed by atoms with van der Waals surface area (Å²) in [6.07, 6.45) is 3.99. The molecule has 134 valence electrons. The van der Waals surface area contributed by atoms with Crippen molar-refractivity contribution in [2.45, 2.75) is 58.9 Å². The number of urea groups is 1. The molecule has 1 saturated heterocycles. The smallest absolute Gasteiger partial charge is 0.322 e. The van der Waals surface area contributed by atoms with Gasteiger partial charge >= 0.3 is 6.03 Å². The molecule has 3 rings (SSSR count). The summed E-state index contributed by atoms with van der Waals surface area (Å²) in [7, 11) is 0. The third-order valence-electron chi connectivity index (χ3n) is 4.61. The third kappa shape index (κ3) is 3.84. The Morgan fingerprint density at radius 3 is 2.80 bits per heavy atom. The van der Waals surface area contributed by atoms with Gasteiger partial charge in [-0.1, -0.05) is 32.1 Å². The summed E-state index contributed by atoms with van der Waals surface area (Å²) in [5, 5.41) is 3.63. The minimum absolute atomic E-state index is 0.00244. The maximum atomic E-state index is 12.4. The van der Waals surface area contributed by atoms with Crippen molar-refractivity contribution in [1.29, 1.82) is 0 Å². The van der Waals surface area contributed by atoms with Crippen LogP contribution in [0, 0.1) is 6.92 Å². The lowest BCUT2D eigenvalue weighted by Gasteiger charge is -2.20. The molecule has 2 amide bonds. The quantitative estimate of drug-likeness (QED) is 0.837. The van der Waals surface area contributed by atoms with Crippen molar-refractivity contribution in [3.63, 3.8) is 0 Å². The summed E-state index contributed by atoms with van der Waals surface area (Å²) in [6.45, 7) is 11.4. The number of anilines is 1. The van der Waals surface area contributed by atoms with Crippen molar-refractivity contribution < 1.29 is 4.79 Å². The predicted octanol–water partition coefficient (Wildman–Crippen LogP) is 4.83. The topological polar surface area (TPSA) is 58.1 Å². The first-order valence-corrected chi connectivity index (χ1v) is 9.59. The van der Waals surface area contributed by atoms with Crippen LogP contribution >= 0.6 is 11.3 Å². The highest BCUT2D eigenvalue weighted by atomic mass is 32.1. The van der Waals surface area contributed by atoms with Crippen LogP contribution in [0.25, 0.3) is 10.4 Å². The lowest BCUT2D eigenvalue weighted by atomic mass is 9.90. The van der Waals surface area contributed by atoms with Crippen LogP contribution in [0.2, 0.25) is 0 Å². The maximum Gasteiger partial charge on any atom is 0.323 e. The van der Waals surface area contributed by atoms with E-state index in [1.165, 1.54) is 11.3 Å². The van der Waals surface area contributed by atoms with Gasteiger partial charge in [-0.2, -0.15) is 0 Å². The molecule has 3 heterocycles. The second kappa shape index (κ2) is 6.75. The minimum atomic E-state index is -0.0459. The molecule has 6 heteroatoms. The van der Waals surface area contributed by atoms with E-state index in [0.717, 1.165) is 41.2 Å². The monoisotopic (exact) mass is 358 g/mol. The molecule has 1 atom stereocenters. The molecule has 0 radical (unpaired) electrons. The average Bonchev–Trinajstić information content (AvgIpc) is 3.12. The van der Waals surface area contributed by atoms with Crippen molar-refractivity contribution in [2.75, 3.05) is 11.9 Å². The summed E-state index contributed by atoms with van der Waals surface area (Å²) in [4.78, 5) is 24.5. The number of amides is 2. The second-order valence-electron chi connectivity index (χ2n) is 7.73. The molecule has 5 nitrogen and oxygen atoms in total. The van der Waals surface area contributed by atoms with Gasteiger partial charge in [0.25, 0.3) is 0 Å². The number of aryl methyl sites for hydroxylation is 1. The Balaban J connectivity index is 1.82. The Bertz CT molecular complexity index is 778. The van der Waals surface area contributed by atoms with Gasteiger partial charge in [0.05, 0.1) is 10.6 Å². The van der Waals surface area contributed by atoms with E-state index in [2.05, 4.69) is 49.0 Å². The number of likely N-dealkylation sites (tertiary alicyclic amines) is 1. The molecule has 0 aromatic carbocycles. The SMILES string of the molecule is Cc1nc(NC(=O)N2CCC[C@H]2C)sc1-c1ccnc(C(C)(C)C)c1. The number of aromatic nitrogens is 2. The average molecular weight is 359 g/mol. The van der Waals surface area contributed by atoms with Crippen LogP contribution in [0.5, 0.6) is 0 Å². The molecule has 0 aliphatic carbocycles. The van der Waals surface area contributed by atoms with Gasteiger partial charge < -0.3 is 4.90 Å². The Morgan fingerprint density at radius 1 is 1.40 bits per heavy atom. The molecular formula is C19H26N4OS. The van der Waals surface area contributed by atoms with E-state index in [1.807, 2.05) is 24.1 Å². The molecule has 1 aliphatic heterocycles. The number of nitrogens with zero attached hydrogens (tertiary/aromatic N) is 3. The van der Waals surface area contributed by atoms with Gasteiger partial charge in [-0.05, 0) is 44.4 Å². The fourth-order valence-corrected chi connectivity index (χ4v) is 4.05. The number of carbonyl (C=O) groups excluding carboxylic acids is 1. The maximum absolute atomic E-state index is 12.4. The van der Waals surface area contributed by atoms with Crippen LogP contribution in [0.15, 0.2) is 18.3 Å². The summed E-state index contributed by atoms with van der Waals surface area (Å²) >= 11 is 1.52. The van der Waals surface area contributed by atoms with Crippen LogP contribution in [0.3, 0.4) is 0 Å². The van der Waals surface area contributed by atoms with Crippen molar-refractivity contribution >= 4 is 22.5 Å². The van der Waals surface area contributed by atoms with Gasteiger partial charge in [-0.3, -0.25) is 10.3 Å². The van der Waals surface area contributed by atoms with Gasteiger partial charge in [0.15, 0.2) is 5.13 Å². The van der Waals surface area contributed by atoms with Crippen LogP contribution in [-0.2, 0) is 5.41 Å². The molecule has 2 aromatic heterocycles. The van der Waals surface area contributed by atoms with Crippen molar-refractivity contribution in [1.82, 2.24) is 14.9 Å². The van der Waals surface area contributed by atoms with E-state index < -0.39 is 0 Å². The number of rotatable bonds is 2. The first-order chi connectivity index (χ1) is 11.8. The number of hydrogen-bond acceptors (Lipinski definition) is 4. The highest BCUT2D eigenvalue weighted by molar-refractivity contribution is 7.19. The lowest BCUT2D eigenvalue weighted by Crippen LogP contribution is -2.37. The Kier molecular flexibility index (Phi) is 4.82. The van der Waals surface area contributed by atoms with Gasteiger partial charge in [0.2, 0.25) is 0 Å². The number of pyridine rings is 1. The van der Waals surface area contributed by atoms with E-state index in [9.17, 15) is 4.79 Å². The lowest BCUT2D eigenvalue weighted by molar-refractivity contribution is 0.210. The van der Waals surface area contributed by atoms with Crippen molar-refractivity contribution in [3.05, 3.63) is 29.7 Å². The standard InChI is InChI=1S/C19H26N4OS/c1-12-7-6-10-23(12)18(24)22-17-21-13(2)16(25-17)14-8-9-20-15(11-14)19(3,4)5/h8-9,11-12H,6-7,10H2,1-5H3,(H,21,22,24)/t12-/m1/s1. The first-order valence-electron chi connectivity index (χ1n) is 8.77. The van der Waals surface area contributed by atoms with E-state index in [0.29, 0.717) is 11.2 Å². The number of nitrogens with one attached hydrogen (secondary N) is 1. The molecule has 0 saturated carbocycles. The predicted molar refractivity (Wildman–Crippen MR) is 103 cm³/mol. The fourth-order valence-electron chi connectivity index (χ4n) is 3.10. The number of carbonyl (C=O) groups is 1. The molecule has 0 spiro atoms. The van der Waals surface area contributed by atoms with Gasteiger partial charge in [-0.15, -0.1) is 0 Å². The molecule has 1 fully saturated rings. The van der Waals surface area contributed by atoms with E-state index in [-0.39, 0.29) is 11.4 Å². The Morgan fingerprint density at radius 2 is 2.16 bits per heavy atom. The zero-order valence-corrected chi connectivity index (χ0v) is 16.4. The third-order valence-corrected chi connectivity index (χ3v) is 5.74. The Hall–Kier alpha value is -1.95. The Labute approximate surface area is 153 Å². The summed E-state index contributed by atoms with van der Waals surface area (Å²) in [6, 6.07) is 4.38. The summed E-state index contributed by atoms with van der Waals surface area (Å²) in [5.41, 5.74) is 3.08. The summed E-state index contributed by atoms with van der Waals surface area (Å²) < 4.78 is 0. The molecule has 25 heavy (non-hydrogen) atoms. The van der Waals surface area contributed by atoms with Crippen molar-refractivity contribution in [3.8, 4) is 10.4 Å². The van der Waals surface area contributed by atoms with Crippen LogP contribution in [-0.4, -0.2) is 33.5 Å². The largest absolute Gasteiger partial charge is 0.323 e. The minimum Gasteiger partial charge on any atom is -0.322 e. The van der Waals surface area contributed by atoms with Crippen LogP contribution < -0.4 is 5.32 Å². The molecule has 0 unspecified atom stereocenters. The zero-order chi connectivity index (χ0) is 18.2. The fraction of sp³-hybridized carbons (Fsp3) is 0.526. The zero-order valence-electron chi connectivity index (χ0n) is 15.6. The first kappa shape index (κ1) is 17.9. The van der Waals surface area contributed by atoms with E-state index in [4.69, 9.17) is 0 Å². The van der Waals surface area contributed by atoms with Gasteiger partial charge in [0.1, 0.15) is 0 Å². The van der Waals surface area contributed by atoms with Crippen molar-refractivity contribution in [2.24, 2.45) is 0 Å². The molecule has 1 N–H and O–H groups in total. The second-order valence-corrected chi connectivity index (χ2v) is 8.73.